The largest absolute Gasteiger partial charge is 0.394 e. The molecule has 0 saturated carbocycles. The van der Waals surface area contributed by atoms with Crippen LogP contribution in [0.1, 0.15) is 6.92 Å². The number of hydrogen-bond donors (Lipinski definition) is 2. The van der Waals surface area contributed by atoms with Gasteiger partial charge in [-0.3, -0.25) is 4.79 Å². The Hall–Kier alpha value is -0.690. The third kappa shape index (κ3) is 2.91. The highest BCUT2D eigenvalue weighted by atomic mass is 16.5. The van der Waals surface area contributed by atoms with Gasteiger partial charge >= 0.3 is 0 Å². The molecule has 0 aromatic heterocycles. The maximum absolute atomic E-state index is 12.0. The minimum atomic E-state index is -0.611. The molecule has 1 rings (SSSR count). The Labute approximate surface area is 95.3 Å². The monoisotopic (exact) mass is 232 g/mol. The fourth-order valence-electron chi connectivity index (χ4n) is 1.72. The van der Waals surface area contributed by atoms with E-state index in [4.69, 9.17) is 20.3 Å². The highest BCUT2D eigenvalue weighted by Gasteiger charge is 2.32. The van der Waals surface area contributed by atoms with Gasteiger partial charge < -0.3 is 25.2 Å². The Kier molecular flexibility index (Phi) is 5.14. The predicted octanol–water partition coefficient (Wildman–Crippen LogP) is -1.43. The minimum absolute atomic E-state index is 0.0144. The average Bonchev–Trinajstić information content (AvgIpc) is 2.31. The van der Waals surface area contributed by atoms with Crippen molar-refractivity contribution in [2.75, 3.05) is 33.4 Å². The number of rotatable bonds is 4. The van der Waals surface area contributed by atoms with Crippen LogP contribution < -0.4 is 5.73 Å². The second-order valence-electron chi connectivity index (χ2n) is 3.94. The lowest BCUT2D eigenvalue weighted by atomic mass is 10.1. The highest BCUT2D eigenvalue weighted by molar-refractivity contribution is 5.81. The number of nitrogens with two attached hydrogens (primary N) is 1. The molecule has 3 atom stereocenters. The summed E-state index contributed by atoms with van der Waals surface area (Å²) in [5, 5.41) is 9.01. The van der Waals surface area contributed by atoms with E-state index in [1.54, 1.807) is 4.90 Å². The number of nitrogens with zero attached hydrogens (tertiary/aromatic N) is 1. The molecule has 1 heterocycles. The molecule has 0 aliphatic carbocycles. The molecule has 1 fully saturated rings. The summed E-state index contributed by atoms with van der Waals surface area (Å²) in [4.78, 5) is 13.7. The number of aliphatic hydroxyl groups is 1. The first-order valence-corrected chi connectivity index (χ1v) is 5.39. The molecular formula is C10H20N2O4. The van der Waals surface area contributed by atoms with Gasteiger partial charge in [0.05, 0.1) is 25.4 Å². The van der Waals surface area contributed by atoms with E-state index in [1.807, 2.05) is 6.92 Å². The van der Waals surface area contributed by atoms with E-state index < -0.39 is 6.10 Å². The van der Waals surface area contributed by atoms with Crippen LogP contribution in [-0.2, 0) is 14.3 Å². The van der Waals surface area contributed by atoms with Crippen LogP contribution >= 0.6 is 0 Å². The number of methoxy groups -OCH3 is 1. The van der Waals surface area contributed by atoms with E-state index in [-0.39, 0.29) is 31.2 Å². The van der Waals surface area contributed by atoms with E-state index in [0.717, 1.165) is 0 Å². The lowest BCUT2D eigenvalue weighted by Crippen LogP contribution is -2.56. The topological polar surface area (TPSA) is 85.0 Å². The van der Waals surface area contributed by atoms with Gasteiger partial charge in [-0.05, 0) is 6.92 Å². The van der Waals surface area contributed by atoms with E-state index in [0.29, 0.717) is 13.2 Å². The molecule has 6 heteroatoms. The molecule has 0 aromatic rings. The summed E-state index contributed by atoms with van der Waals surface area (Å²) in [6, 6.07) is -0.0144. The summed E-state index contributed by atoms with van der Waals surface area (Å²) < 4.78 is 10.4. The molecule has 0 radical (unpaired) electrons. The van der Waals surface area contributed by atoms with Crippen LogP contribution in [0.2, 0.25) is 0 Å². The van der Waals surface area contributed by atoms with Gasteiger partial charge in [-0.15, -0.1) is 0 Å². The SMILES string of the molecule is COC(CN)C(=O)N1CC(CO)OCC1C. The molecule has 3 unspecified atom stereocenters. The van der Waals surface area contributed by atoms with Crippen LogP contribution in [0, 0.1) is 0 Å². The van der Waals surface area contributed by atoms with E-state index >= 15 is 0 Å². The summed E-state index contributed by atoms with van der Waals surface area (Å²) in [6.07, 6.45) is -0.921. The zero-order valence-electron chi connectivity index (χ0n) is 9.76. The normalized spacial score (nSPS) is 27.9. The van der Waals surface area contributed by atoms with Gasteiger partial charge in [-0.1, -0.05) is 0 Å². The quantitative estimate of drug-likeness (QED) is 0.620. The number of hydrogen-bond acceptors (Lipinski definition) is 5. The molecule has 3 N–H and O–H groups in total. The van der Waals surface area contributed by atoms with Crippen LogP contribution in [-0.4, -0.2) is 67.6 Å². The van der Waals surface area contributed by atoms with Crippen molar-refractivity contribution in [2.45, 2.75) is 25.2 Å². The highest BCUT2D eigenvalue weighted by Crippen LogP contribution is 2.13. The second kappa shape index (κ2) is 6.15. The first kappa shape index (κ1) is 13.4. The zero-order valence-corrected chi connectivity index (χ0v) is 9.76. The number of ether oxygens (including phenoxy) is 2. The Morgan fingerprint density at radius 1 is 1.75 bits per heavy atom. The van der Waals surface area contributed by atoms with Crippen LogP contribution in [0.25, 0.3) is 0 Å². The fraction of sp³-hybridized carbons (Fsp3) is 0.900. The fourth-order valence-corrected chi connectivity index (χ4v) is 1.72. The molecule has 1 aliphatic rings. The van der Waals surface area contributed by atoms with Gasteiger partial charge in [0.15, 0.2) is 0 Å². The maximum atomic E-state index is 12.0. The van der Waals surface area contributed by atoms with Crippen molar-refractivity contribution < 1.29 is 19.4 Å². The van der Waals surface area contributed by atoms with Gasteiger partial charge in [0.2, 0.25) is 0 Å². The summed E-state index contributed by atoms with van der Waals surface area (Å²) >= 11 is 0. The van der Waals surface area contributed by atoms with Gasteiger partial charge in [0.25, 0.3) is 5.91 Å². The number of aliphatic hydroxyl groups excluding tert-OH is 1. The van der Waals surface area contributed by atoms with Gasteiger partial charge in [0, 0.05) is 20.2 Å². The molecule has 6 nitrogen and oxygen atoms in total. The molecule has 16 heavy (non-hydrogen) atoms. The third-order valence-electron chi connectivity index (χ3n) is 2.77. The Bertz CT molecular complexity index is 233. The standard InChI is InChI=1S/C10H20N2O4/c1-7-6-16-8(5-13)4-12(7)10(14)9(3-11)15-2/h7-9,13H,3-6,11H2,1-2H3. The van der Waals surface area contributed by atoms with Crippen molar-refractivity contribution in [3.63, 3.8) is 0 Å². The first-order chi connectivity index (χ1) is 7.63. The van der Waals surface area contributed by atoms with Crippen molar-refractivity contribution in [1.82, 2.24) is 4.90 Å². The molecule has 1 aliphatic heterocycles. The molecule has 1 amide bonds. The predicted molar refractivity (Wildman–Crippen MR) is 57.9 cm³/mol. The molecule has 0 aromatic carbocycles. The zero-order chi connectivity index (χ0) is 12.1. The molecular weight excluding hydrogens is 212 g/mol. The molecule has 1 saturated heterocycles. The summed E-state index contributed by atoms with van der Waals surface area (Å²) in [6.45, 7) is 2.78. The summed E-state index contributed by atoms with van der Waals surface area (Å²) in [7, 11) is 1.46. The van der Waals surface area contributed by atoms with Crippen LogP contribution in [0.4, 0.5) is 0 Å². The van der Waals surface area contributed by atoms with Crippen molar-refractivity contribution in [1.29, 1.82) is 0 Å². The summed E-state index contributed by atoms with van der Waals surface area (Å²) in [5.74, 6) is -0.140. The summed E-state index contributed by atoms with van der Waals surface area (Å²) in [5.41, 5.74) is 5.45. The number of carbonyl (C=O) groups is 1. The minimum Gasteiger partial charge on any atom is -0.394 e. The molecule has 0 spiro atoms. The van der Waals surface area contributed by atoms with Gasteiger partial charge in [-0.2, -0.15) is 0 Å². The lowest BCUT2D eigenvalue weighted by Gasteiger charge is -2.38. The van der Waals surface area contributed by atoms with Crippen LogP contribution in [0.15, 0.2) is 0 Å². The third-order valence-corrected chi connectivity index (χ3v) is 2.77. The van der Waals surface area contributed by atoms with E-state index in [1.165, 1.54) is 7.11 Å². The van der Waals surface area contributed by atoms with E-state index in [9.17, 15) is 4.79 Å². The molecule has 94 valence electrons. The van der Waals surface area contributed by atoms with Gasteiger partial charge in [0.1, 0.15) is 6.10 Å². The van der Waals surface area contributed by atoms with Crippen molar-refractivity contribution in [2.24, 2.45) is 5.73 Å². The Balaban J connectivity index is 2.64. The smallest absolute Gasteiger partial charge is 0.253 e. The second-order valence-corrected chi connectivity index (χ2v) is 3.94. The number of morpholine rings is 1. The Morgan fingerprint density at radius 3 is 2.94 bits per heavy atom. The van der Waals surface area contributed by atoms with Gasteiger partial charge in [-0.25, -0.2) is 0 Å². The van der Waals surface area contributed by atoms with Crippen molar-refractivity contribution >= 4 is 5.91 Å². The van der Waals surface area contributed by atoms with Crippen molar-refractivity contribution in [3.8, 4) is 0 Å². The number of carbonyl (C=O) groups excluding carboxylic acids is 1. The average molecular weight is 232 g/mol. The Morgan fingerprint density at radius 2 is 2.44 bits per heavy atom. The van der Waals surface area contributed by atoms with Crippen LogP contribution in [0.3, 0.4) is 0 Å². The van der Waals surface area contributed by atoms with Crippen LogP contribution in [0.5, 0.6) is 0 Å². The first-order valence-electron chi connectivity index (χ1n) is 5.39. The molecule has 0 bridgehead atoms. The number of amides is 1. The lowest BCUT2D eigenvalue weighted by molar-refractivity contribution is -0.155. The van der Waals surface area contributed by atoms with Crippen molar-refractivity contribution in [3.05, 3.63) is 0 Å². The maximum Gasteiger partial charge on any atom is 0.253 e. The van der Waals surface area contributed by atoms with E-state index in [2.05, 4.69) is 0 Å².